The van der Waals surface area contributed by atoms with Crippen LogP contribution in [0.5, 0.6) is 0 Å². The van der Waals surface area contributed by atoms with Crippen LogP contribution in [0.1, 0.15) is 31.7 Å². The van der Waals surface area contributed by atoms with Gasteiger partial charge >= 0.3 is 0 Å². The molecule has 2 rings (SSSR count). The van der Waals surface area contributed by atoms with Gasteiger partial charge in [-0.25, -0.2) is 8.42 Å². The van der Waals surface area contributed by atoms with Crippen LogP contribution in [0.3, 0.4) is 0 Å². The van der Waals surface area contributed by atoms with Crippen molar-refractivity contribution in [2.75, 3.05) is 51.4 Å². The van der Waals surface area contributed by atoms with E-state index in [2.05, 4.69) is 59.4 Å². The van der Waals surface area contributed by atoms with E-state index in [1.165, 1.54) is 11.8 Å². The Kier molecular flexibility index (Phi) is 11.4. The zero-order valence-corrected chi connectivity index (χ0v) is 20.3. The minimum atomic E-state index is -2.97. The fourth-order valence-electron chi connectivity index (χ4n) is 3.49. The summed E-state index contributed by atoms with van der Waals surface area (Å²) in [6, 6.07) is 10.7. The van der Waals surface area contributed by atoms with Crippen molar-refractivity contribution in [2.24, 2.45) is 10.9 Å². The van der Waals surface area contributed by atoms with Crippen LogP contribution in [0, 0.1) is 5.92 Å². The van der Waals surface area contributed by atoms with Gasteiger partial charge in [-0.2, -0.15) is 0 Å². The number of ether oxygens (including phenoxy) is 1. The van der Waals surface area contributed by atoms with E-state index in [9.17, 15) is 8.42 Å². The average Bonchev–Trinajstić information content (AvgIpc) is 2.63. The van der Waals surface area contributed by atoms with Gasteiger partial charge < -0.3 is 15.0 Å². The zero-order valence-electron chi connectivity index (χ0n) is 17.1. The van der Waals surface area contributed by atoms with Gasteiger partial charge in [-0.1, -0.05) is 37.3 Å². The summed E-state index contributed by atoms with van der Waals surface area (Å²) in [7, 11) is -2.97. The van der Waals surface area contributed by atoms with E-state index < -0.39 is 9.84 Å². The normalized spacial score (nSPS) is 20.5. The van der Waals surface area contributed by atoms with Crippen molar-refractivity contribution in [2.45, 2.75) is 26.2 Å². The molecule has 1 aromatic rings. The highest BCUT2D eigenvalue weighted by Crippen LogP contribution is 2.32. The Morgan fingerprint density at radius 3 is 2.61 bits per heavy atom. The van der Waals surface area contributed by atoms with Crippen molar-refractivity contribution >= 4 is 39.8 Å². The molecule has 1 aromatic carbocycles. The van der Waals surface area contributed by atoms with Gasteiger partial charge in [-0.15, -0.1) is 24.0 Å². The third-order valence-corrected chi connectivity index (χ3v) is 5.77. The van der Waals surface area contributed by atoms with Crippen LogP contribution in [-0.4, -0.2) is 70.7 Å². The molecule has 1 fully saturated rings. The van der Waals surface area contributed by atoms with E-state index in [-0.39, 0.29) is 36.3 Å². The van der Waals surface area contributed by atoms with E-state index in [4.69, 9.17) is 4.74 Å². The van der Waals surface area contributed by atoms with E-state index in [0.717, 1.165) is 32.0 Å². The average molecular weight is 523 g/mol. The number of nitrogens with zero attached hydrogens (tertiary/aromatic N) is 2. The molecule has 2 atom stereocenters. The third kappa shape index (κ3) is 8.65. The minimum Gasteiger partial charge on any atom is -0.378 e. The Labute approximate surface area is 187 Å². The predicted molar refractivity (Wildman–Crippen MR) is 126 cm³/mol. The fourth-order valence-corrected chi connectivity index (χ4v) is 3.91. The van der Waals surface area contributed by atoms with Gasteiger partial charge in [0.25, 0.3) is 0 Å². The maximum Gasteiger partial charge on any atom is 0.194 e. The molecular weight excluding hydrogens is 489 g/mol. The summed E-state index contributed by atoms with van der Waals surface area (Å²) < 4.78 is 27.6. The SMILES string of the molecule is CCNC(=NCCOCCS(C)(=O)=O)N1CCC(c2ccccc2)C(C)C1.I. The minimum absolute atomic E-state index is 0. The molecule has 160 valence electrons. The van der Waals surface area contributed by atoms with Crippen LogP contribution in [0.4, 0.5) is 0 Å². The molecule has 8 heteroatoms. The van der Waals surface area contributed by atoms with Crippen LogP contribution in [0.15, 0.2) is 35.3 Å². The van der Waals surface area contributed by atoms with Gasteiger partial charge in [0.2, 0.25) is 0 Å². The van der Waals surface area contributed by atoms with E-state index in [1.54, 1.807) is 0 Å². The number of hydrogen-bond donors (Lipinski definition) is 1. The molecule has 0 radical (unpaired) electrons. The number of piperidine rings is 1. The van der Waals surface area contributed by atoms with Crippen LogP contribution in [0.2, 0.25) is 0 Å². The Morgan fingerprint density at radius 2 is 2.00 bits per heavy atom. The van der Waals surface area contributed by atoms with Gasteiger partial charge in [0.15, 0.2) is 5.96 Å². The maximum atomic E-state index is 11.1. The lowest BCUT2D eigenvalue weighted by Crippen LogP contribution is -2.48. The van der Waals surface area contributed by atoms with Gasteiger partial charge in [0, 0.05) is 25.9 Å². The third-order valence-electron chi connectivity index (χ3n) is 4.86. The zero-order chi connectivity index (χ0) is 19.7. The lowest BCUT2D eigenvalue weighted by Gasteiger charge is -2.39. The van der Waals surface area contributed by atoms with Gasteiger partial charge in [-0.3, -0.25) is 4.99 Å². The lowest BCUT2D eigenvalue weighted by molar-refractivity contribution is 0.156. The van der Waals surface area contributed by atoms with Crippen molar-refractivity contribution < 1.29 is 13.2 Å². The van der Waals surface area contributed by atoms with Gasteiger partial charge in [0.05, 0.1) is 25.5 Å². The second kappa shape index (κ2) is 12.6. The van der Waals surface area contributed by atoms with Crippen LogP contribution < -0.4 is 5.32 Å². The number of sulfone groups is 1. The standard InChI is InChI=1S/C20H33N3O3S.HI/c1-4-21-20(22-11-13-26-14-15-27(3,24)25)23-12-10-19(17(2)16-23)18-8-6-5-7-9-18;/h5-9,17,19H,4,10-16H2,1-3H3,(H,21,22);1H. The highest BCUT2D eigenvalue weighted by Gasteiger charge is 2.28. The molecule has 0 spiro atoms. The summed E-state index contributed by atoms with van der Waals surface area (Å²) in [5.41, 5.74) is 1.42. The molecule has 6 nitrogen and oxygen atoms in total. The number of rotatable bonds is 8. The smallest absolute Gasteiger partial charge is 0.194 e. The molecule has 1 N–H and O–H groups in total. The molecule has 0 aromatic heterocycles. The summed E-state index contributed by atoms with van der Waals surface area (Å²) in [4.78, 5) is 6.98. The van der Waals surface area contributed by atoms with Crippen molar-refractivity contribution in [1.29, 1.82) is 0 Å². The molecular formula is C20H34IN3O3S. The Balaban J connectivity index is 0.00000392. The molecule has 0 saturated carbocycles. The first-order valence-corrected chi connectivity index (χ1v) is 11.8. The molecule has 1 aliphatic rings. The van der Waals surface area contributed by atoms with Gasteiger partial charge in [0.1, 0.15) is 9.84 Å². The summed E-state index contributed by atoms with van der Waals surface area (Å²) in [6.45, 7) is 8.33. The van der Waals surface area contributed by atoms with Crippen molar-refractivity contribution in [3.05, 3.63) is 35.9 Å². The summed E-state index contributed by atoms with van der Waals surface area (Å²) in [6.07, 6.45) is 2.33. The van der Waals surface area contributed by atoms with Crippen molar-refractivity contribution in [1.82, 2.24) is 10.2 Å². The quantitative estimate of drug-likeness (QED) is 0.246. The predicted octanol–water partition coefficient (Wildman–Crippen LogP) is 2.76. The molecule has 1 aliphatic heterocycles. The number of hydrogen-bond acceptors (Lipinski definition) is 4. The summed E-state index contributed by atoms with van der Waals surface area (Å²) in [5.74, 6) is 2.12. The van der Waals surface area contributed by atoms with Crippen LogP contribution >= 0.6 is 24.0 Å². The first-order valence-electron chi connectivity index (χ1n) is 9.74. The molecule has 2 unspecified atom stereocenters. The summed E-state index contributed by atoms with van der Waals surface area (Å²) >= 11 is 0. The van der Waals surface area contributed by atoms with Gasteiger partial charge in [-0.05, 0) is 30.7 Å². The molecule has 0 amide bonds. The van der Waals surface area contributed by atoms with Crippen LogP contribution in [-0.2, 0) is 14.6 Å². The number of nitrogens with one attached hydrogen (secondary N) is 1. The summed E-state index contributed by atoms with van der Waals surface area (Å²) in [5, 5.41) is 3.37. The second-order valence-corrected chi connectivity index (χ2v) is 9.47. The molecule has 0 bridgehead atoms. The Bertz CT molecular complexity index is 698. The molecule has 0 aliphatic carbocycles. The first-order chi connectivity index (χ1) is 12.9. The monoisotopic (exact) mass is 523 g/mol. The molecule has 1 saturated heterocycles. The number of guanidine groups is 1. The Morgan fingerprint density at radius 1 is 1.29 bits per heavy atom. The number of likely N-dealkylation sites (tertiary alicyclic amines) is 1. The Hall–Kier alpha value is -0.870. The maximum absolute atomic E-state index is 11.1. The fraction of sp³-hybridized carbons (Fsp3) is 0.650. The number of benzene rings is 1. The van der Waals surface area contributed by atoms with Crippen molar-refractivity contribution in [3.63, 3.8) is 0 Å². The number of halogens is 1. The van der Waals surface area contributed by atoms with E-state index in [1.807, 2.05) is 0 Å². The van der Waals surface area contributed by atoms with E-state index >= 15 is 0 Å². The van der Waals surface area contributed by atoms with E-state index in [0.29, 0.717) is 25.0 Å². The second-order valence-electron chi connectivity index (χ2n) is 7.21. The topological polar surface area (TPSA) is 71.0 Å². The lowest BCUT2D eigenvalue weighted by atomic mass is 9.82. The highest BCUT2D eigenvalue weighted by atomic mass is 127. The molecule has 1 heterocycles. The largest absolute Gasteiger partial charge is 0.378 e. The number of aliphatic imine (C=N–C) groups is 1. The molecule has 28 heavy (non-hydrogen) atoms. The highest BCUT2D eigenvalue weighted by molar-refractivity contribution is 14.0. The van der Waals surface area contributed by atoms with Crippen LogP contribution in [0.25, 0.3) is 0 Å². The van der Waals surface area contributed by atoms with Crippen molar-refractivity contribution in [3.8, 4) is 0 Å². The first kappa shape index (κ1) is 25.2.